The monoisotopic (exact) mass is 402 g/mol. The highest BCUT2D eigenvalue weighted by molar-refractivity contribution is 5.45. The minimum Gasteiger partial charge on any atom is -0.508 e. The van der Waals surface area contributed by atoms with Crippen molar-refractivity contribution in [2.45, 2.75) is 124 Å². The third kappa shape index (κ3) is 9.01. The Bertz CT molecular complexity index is 613. The molecule has 0 unspecified atom stereocenters. The lowest BCUT2D eigenvalue weighted by Crippen LogP contribution is -2.08. The smallest absolute Gasteiger partial charge is 0.122 e. The van der Waals surface area contributed by atoms with Crippen LogP contribution in [0.1, 0.15) is 122 Å². The van der Waals surface area contributed by atoms with Crippen LogP contribution < -0.4 is 0 Å². The molecule has 0 aromatic heterocycles. The molecular weight excluding hydrogens is 356 g/mol. The van der Waals surface area contributed by atoms with Gasteiger partial charge in [0.1, 0.15) is 11.5 Å². The maximum absolute atomic E-state index is 10.2. The zero-order chi connectivity index (χ0) is 21.3. The zero-order valence-electron chi connectivity index (χ0n) is 19.7. The summed E-state index contributed by atoms with van der Waals surface area (Å²) in [4.78, 5) is 0. The highest BCUT2D eigenvalue weighted by atomic mass is 16.3. The van der Waals surface area contributed by atoms with Crippen molar-refractivity contribution in [1.29, 1.82) is 0 Å². The minimum absolute atomic E-state index is 0.260. The zero-order valence-corrected chi connectivity index (χ0v) is 19.7. The molecule has 0 aliphatic heterocycles. The van der Waals surface area contributed by atoms with E-state index >= 15 is 0 Å². The van der Waals surface area contributed by atoms with E-state index in [2.05, 4.69) is 33.8 Å². The summed E-state index contributed by atoms with van der Waals surface area (Å²) in [5.41, 5.74) is 3.17. The lowest BCUT2D eigenvalue weighted by Gasteiger charge is -2.22. The number of aryl methyl sites for hydroxylation is 2. The summed E-state index contributed by atoms with van der Waals surface area (Å²) in [6, 6.07) is 3.61. The maximum atomic E-state index is 10.2. The molecule has 1 aromatic rings. The van der Waals surface area contributed by atoms with Crippen molar-refractivity contribution in [2.75, 3.05) is 0 Å². The molecule has 0 saturated heterocycles. The first-order valence-electron chi connectivity index (χ1n) is 12.3. The molecule has 2 nitrogen and oxygen atoms in total. The Morgan fingerprint density at radius 2 is 1.31 bits per heavy atom. The topological polar surface area (TPSA) is 40.5 Å². The maximum Gasteiger partial charge on any atom is 0.122 e. The van der Waals surface area contributed by atoms with Crippen LogP contribution in [-0.4, -0.2) is 10.2 Å². The van der Waals surface area contributed by atoms with Crippen LogP contribution >= 0.6 is 0 Å². The number of hydrogen-bond donors (Lipinski definition) is 2. The molecule has 1 aliphatic carbocycles. The molecule has 0 atom stereocenters. The van der Waals surface area contributed by atoms with Crippen LogP contribution in [0.4, 0.5) is 0 Å². The van der Waals surface area contributed by atoms with Crippen molar-refractivity contribution in [3.8, 4) is 11.5 Å². The lowest BCUT2D eigenvalue weighted by atomic mass is 9.84. The van der Waals surface area contributed by atoms with Gasteiger partial charge in [0, 0.05) is 6.07 Å². The average molecular weight is 403 g/mol. The van der Waals surface area contributed by atoms with Gasteiger partial charge < -0.3 is 10.2 Å². The Morgan fingerprint density at radius 3 is 1.83 bits per heavy atom. The van der Waals surface area contributed by atoms with Crippen LogP contribution in [0.3, 0.4) is 0 Å². The molecule has 166 valence electrons. The van der Waals surface area contributed by atoms with Crippen LogP contribution in [0.25, 0.3) is 0 Å². The normalized spacial score (nSPS) is 15.6. The van der Waals surface area contributed by atoms with Gasteiger partial charge in [-0.2, -0.15) is 0 Å². The van der Waals surface area contributed by atoms with E-state index in [1.807, 2.05) is 0 Å². The average Bonchev–Trinajstić information content (AvgIpc) is 3.41. The van der Waals surface area contributed by atoms with E-state index < -0.39 is 0 Å². The number of hydrogen-bond acceptors (Lipinski definition) is 2. The van der Waals surface area contributed by atoms with E-state index in [4.69, 9.17) is 0 Å². The Morgan fingerprint density at radius 1 is 0.793 bits per heavy atom. The first-order chi connectivity index (χ1) is 13.7. The second-order valence-corrected chi connectivity index (χ2v) is 10.8. The summed E-state index contributed by atoms with van der Waals surface area (Å²) in [6.45, 7) is 9.40. The Balaban J connectivity index is 1.66. The number of phenols is 2. The van der Waals surface area contributed by atoms with Gasteiger partial charge in [-0.15, -0.1) is 0 Å². The first kappa shape index (κ1) is 24.1. The summed E-state index contributed by atoms with van der Waals surface area (Å²) < 4.78 is 0. The Hall–Kier alpha value is -1.18. The molecule has 0 radical (unpaired) electrons. The van der Waals surface area contributed by atoms with E-state index in [1.165, 1.54) is 70.6 Å². The molecule has 1 saturated carbocycles. The quantitative estimate of drug-likeness (QED) is 0.289. The number of aromatic hydroxyl groups is 2. The van der Waals surface area contributed by atoms with Gasteiger partial charge in [-0.05, 0) is 79.4 Å². The molecule has 0 bridgehead atoms. The fraction of sp³-hybridized carbons (Fsp3) is 0.778. The highest BCUT2D eigenvalue weighted by Crippen LogP contribution is 2.49. The van der Waals surface area contributed by atoms with Crippen molar-refractivity contribution >= 4 is 0 Å². The minimum atomic E-state index is 0.260. The van der Waals surface area contributed by atoms with Crippen molar-refractivity contribution in [2.24, 2.45) is 10.8 Å². The van der Waals surface area contributed by atoms with Crippen molar-refractivity contribution < 1.29 is 10.2 Å². The SMILES string of the molecule is CCC(C)(C)CCCCCCc1cc(CCCCCCC2(C)CC2)c(O)cc1O. The molecule has 2 rings (SSSR count). The largest absolute Gasteiger partial charge is 0.508 e. The molecule has 2 heteroatoms. The van der Waals surface area contributed by atoms with Crippen LogP contribution in [-0.2, 0) is 12.8 Å². The van der Waals surface area contributed by atoms with Crippen molar-refractivity contribution in [1.82, 2.24) is 0 Å². The molecule has 29 heavy (non-hydrogen) atoms. The summed E-state index contributed by atoms with van der Waals surface area (Å²) >= 11 is 0. The van der Waals surface area contributed by atoms with Gasteiger partial charge >= 0.3 is 0 Å². The van der Waals surface area contributed by atoms with Crippen molar-refractivity contribution in [3.63, 3.8) is 0 Å². The van der Waals surface area contributed by atoms with Gasteiger partial charge in [-0.1, -0.05) is 72.6 Å². The molecular formula is C27H46O2. The summed E-state index contributed by atoms with van der Waals surface area (Å²) in [6.07, 6.45) is 18.5. The van der Waals surface area contributed by atoms with Gasteiger partial charge in [0.25, 0.3) is 0 Å². The van der Waals surface area contributed by atoms with E-state index in [9.17, 15) is 10.2 Å². The summed E-state index contributed by atoms with van der Waals surface area (Å²) in [5, 5.41) is 20.4. The Kier molecular flexibility index (Phi) is 9.37. The molecule has 2 N–H and O–H groups in total. The molecule has 1 aliphatic rings. The highest BCUT2D eigenvalue weighted by Gasteiger charge is 2.35. The van der Waals surface area contributed by atoms with E-state index in [1.54, 1.807) is 6.07 Å². The Labute approximate surface area is 180 Å². The third-order valence-electron chi connectivity index (χ3n) is 7.37. The van der Waals surface area contributed by atoms with E-state index in [0.29, 0.717) is 10.8 Å². The second-order valence-electron chi connectivity index (χ2n) is 10.8. The number of phenolic OH excluding ortho intramolecular Hbond substituents is 2. The fourth-order valence-electron chi connectivity index (χ4n) is 4.21. The molecule has 1 fully saturated rings. The third-order valence-corrected chi connectivity index (χ3v) is 7.37. The predicted octanol–water partition coefficient (Wildman–Crippen LogP) is 8.32. The second kappa shape index (κ2) is 11.3. The van der Waals surface area contributed by atoms with Crippen LogP contribution in [0, 0.1) is 10.8 Å². The van der Waals surface area contributed by atoms with Crippen molar-refractivity contribution in [3.05, 3.63) is 23.3 Å². The number of rotatable bonds is 15. The number of unbranched alkanes of at least 4 members (excludes halogenated alkanes) is 6. The predicted molar refractivity (Wildman–Crippen MR) is 125 cm³/mol. The van der Waals surface area contributed by atoms with Crippen LogP contribution in [0.5, 0.6) is 11.5 Å². The molecule has 0 spiro atoms. The lowest BCUT2D eigenvalue weighted by molar-refractivity contribution is 0.307. The molecule has 0 amide bonds. The van der Waals surface area contributed by atoms with Gasteiger partial charge in [0.2, 0.25) is 0 Å². The van der Waals surface area contributed by atoms with Gasteiger partial charge in [-0.25, -0.2) is 0 Å². The van der Waals surface area contributed by atoms with Gasteiger partial charge in [0.05, 0.1) is 0 Å². The number of benzene rings is 1. The standard InChI is InChI=1S/C27H46O2/c1-5-26(2,3)16-12-8-6-10-14-22-20-23(25(29)21-24(22)28)15-11-7-9-13-17-27(4)18-19-27/h20-21,28-29H,5-19H2,1-4H3. The van der Waals surface area contributed by atoms with Crippen LogP contribution in [0.2, 0.25) is 0 Å². The first-order valence-corrected chi connectivity index (χ1v) is 12.3. The molecule has 0 heterocycles. The van der Waals surface area contributed by atoms with E-state index in [-0.39, 0.29) is 11.5 Å². The van der Waals surface area contributed by atoms with E-state index in [0.717, 1.165) is 36.8 Å². The fourth-order valence-corrected chi connectivity index (χ4v) is 4.21. The van der Waals surface area contributed by atoms with Gasteiger partial charge in [0.15, 0.2) is 0 Å². The summed E-state index contributed by atoms with van der Waals surface area (Å²) in [7, 11) is 0. The summed E-state index contributed by atoms with van der Waals surface area (Å²) in [5.74, 6) is 0.523. The molecule has 1 aromatic carbocycles. The van der Waals surface area contributed by atoms with Gasteiger partial charge in [-0.3, -0.25) is 0 Å². The van der Waals surface area contributed by atoms with Crippen LogP contribution in [0.15, 0.2) is 12.1 Å².